The number of carbonyl (C=O) groups excluding carboxylic acids is 1. The van der Waals surface area contributed by atoms with Gasteiger partial charge in [0.1, 0.15) is 0 Å². The van der Waals surface area contributed by atoms with Crippen molar-refractivity contribution in [3.05, 3.63) is 0 Å². The fraction of sp³-hybridized carbons (Fsp3) is 0.923. The Labute approximate surface area is 114 Å². The Bertz CT molecular complexity index is 253. The number of hydrogen-bond donors (Lipinski definition) is 2. The Kier molecular flexibility index (Phi) is 7.04. The lowest BCUT2D eigenvalue weighted by Crippen LogP contribution is -2.53. The maximum Gasteiger partial charge on any atom is 0.230 e. The lowest BCUT2D eigenvalue weighted by Gasteiger charge is -2.38. The van der Waals surface area contributed by atoms with Crippen LogP contribution in [0.4, 0.5) is 0 Å². The molecule has 0 heterocycles. The molecule has 1 aliphatic carbocycles. The van der Waals surface area contributed by atoms with E-state index >= 15 is 0 Å². The number of amides is 1. The van der Waals surface area contributed by atoms with Crippen LogP contribution in [0.5, 0.6) is 0 Å². The second kappa shape index (κ2) is 8.02. The van der Waals surface area contributed by atoms with Gasteiger partial charge in [0, 0.05) is 12.9 Å². The highest BCUT2D eigenvalue weighted by molar-refractivity contribution is 7.99. The van der Waals surface area contributed by atoms with E-state index in [-0.39, 0.29) is 18.1 Å². The molecule has 1 amide bonds. The van der Waals surface area contributed by atoms with Crippen molar-refractivity contribution in [1.29, 1.82) is 0 Å². The lowest BCUT2D eigenvalue weighted by molar-refractivity contribution is -0.121. The molecule has 1 fully saturated rings. The third-order valence-corrected chi connectivity index (χ3v) is 4.53. The van der Waals surface area contributed by atoms with Gasteiger partial charge >= 0.3 is 0 Å². The molecule has 0 bridgehead atoms. The summed E-state index contributed by atoms with van der Waals surface area (Å²) in [7, 11) is 1.66. The lowest BCUT2D eigenvalue weighted by atomic mass is 9.77. The molecule has 1 aliphatic rings. The molecule has 0 aromatic rings. The maximum atomic E-state index is 11.8. The van der Waals surface area contributed by atoms with E-state index in [0.29, 0.717) is 18.3 Å². The van der Waals surface area contributed by atoms with E-state index in [0.717, 1.165) is 31.4 Å². The van der Waals surface area contributed by atoms with Crippen molar-refractivity contribution in [1.82, 2.24) is 5.32 Å². The van der Waals surface area contributed by atoms with E-state index < -0.39 is 0 Å². The highest BCUT2D eigenvalue weighted by Crippen LogP contribution is 2.31. The van der Waals surface area contributed by atoms with Gasteiger partial charge in [-0.1, -0.05) is 6.92 Å². The topological polar surface area (TPSA) is 58.6 Å². The van der Waals surface area contributed by atoms with E-state index in [9.17, 15) is 9.90 Å². The largest absolute Gasteiger partial charge is 0.394 e. The Hall–Kier alpha value is -0.260. The number of ether oxygens (including phenoxy) is 1. The molecular weight excluding hydrogens is 250 g/mol. The van der Waals surface area contributed by atoms with Crippen molar-refractivity contribution in [3.63, 3.8) is 0 Å². The van der Waals surface area contributed by atoms with Gasteiger partial charge in [-0.15, -0.1) is 11.8 Å². The SMILES string of the molecule is COCCSCC(=O)NC1(CO)CCC(C)CC1. The number of aliphatic hydroxyl groups is 1. The minimum atomic E-state index is -0.370. The summed E-state index contributed by atoms with van der Waals surface area (Å²) in [6, 6.07) is 0. The minimum absolute atomic E-state index is 0.0275. The Morgan fingerprint density at radius 2 is 2.17 bits per heavy atom. The molecule has 0 unspecified atom stereocenters. The average molecular weight is 275 g/mol. The van der Waals surface area contributed by atoms with Gasteiger partial charge < -0.3 is 15.2 Å². The first-order chi connectivity index (χ1) is 8.62. The first kappa shape index (κ1) is 15.8. The summed E-state index contributed by atoms with van der Waals surface area (Å²) in [4.78, 5) is 11.8. The van der Waals surface area contributed by atoms with E-state index in [4.69, 9.17) is 4.74 Å². The highest BCUT2D eigenvalue weighted by atomic mass is 32.2. The number of rotatable bonds is 7. The van der Waals surface area contributed by atoms with Crippen molar-refractivity contribution >= 4 is 17.7 Å². The van der Waals surface area contributed by atoms with Gasteiger partial charge in [0.25, 0.3) is 0 Å². The summed E-state index contributed by atoms with van der Waals surface area (Å²) >= 11 is 1.57. The van der Waals surface area contributed by atoms with Crippen molar-refractivity contribution in [2.45, 2.75) is 38.1 Å². The fourth-order valence-electron chi connectivity index (χ4n) is 2.28. The van der Waals surface area contributed by atoms with Crippen LogP contribution in [-0.2, 0) is 9.53 Å². The smallest absolute Gasteiger partial charge is 0.230 e. The van der Waals surface area contributed by atoms with Gasteiger partial charge in [0.05, 0.1) is 24.5 Å². The van der Waals surface area contributed by atoms with Crippen molar-refractivity contribution in [2.24, 2.45) is 5.92 Å². The zero-order valence-corrected chi connectivity index (χ0v) is 12.2. The number of carbonyl (C=O) groups is 1. The van der Waals surface area contributed by atoms with Crippen molar-refractivity contribution in [3.8, 4) is 0 Å². The molecule has 5 heteroatoms. The van der Waals surface area contributed by atoms with E-state index in [1.54, 1.807) is 18.9 Å². The molecule has 1 saturated carbocycles. The molecule has 0 aromatic carbocycles. The molecule has 0 spiro atoms. The Morgan fingerprint density at radius 3 is 2.72 bits per heavy atom. The first-order valence-corrected chi connectivity index (χ1v) is 7.76. The van der Waals surface area contributed by atoms with Gasteiger partial charge in [-0.05, 0) is 31.6 Å². The van der Waals surface area contributed by atoms with Crippen LogP contribution in [-0.4, -0.2) is 48.4 Å². The highest BCUT2D eigenvalue weighted by Gasteiger charge is 2.34. The van der Waals surface area contributed by atoms with Crippen LogP contribution in [0.25, 0.3) is 0 Å². The quantitative estimate of drug-likeness (QED) is 0.690. The number of hydrogen-bond acceptors (Lipinski definition) is 4. The van der Waals surface area contributed by atoms with Crippen LogP contribution in [0.15, 0.2) is 0 Å². The average Bonchev–Trinajstić information content (AvgIpc) is 2.38. The zero-order chi connectivity index (χ0) is 13.4. The second-order valence-corrected chi connectivity index (χ2v) is 6.32. The number of aliphatic hydroxyl groups excluding tert-OH is 1. The van der Waals surface area contributed by atoms with Crippen LogP contribution in [0.3, 0.4) is 0 Å². The molecule has 0 aromatic heterocycles. The monoisotopic (exact) mass is 275 g/mol. The molecule has 0 saturated heterocycles. The van der Waals surface area contributed by atoms with E-state index in [1.165, 1.54) is 0 Å². The van der Waals surface area contributed by atoms with Crippen molar-refractivity contribution < 1.29 is 14.6 Å². The van der Waals surface area contributed by atoms with Gasteiger partial charge in [0.15, 0.2) is 0 Å². The van der Waals surface area contributed by atoms with Crippen LogP contribution >= 0.6 is 11.8 Å². The Balaban J connectivity index is 2.31. The maximum absolute atomic E-state index is 11.8. The zero-order valence-electron chi connectivity index (χ0n) is 11.4. The number of nitrogens with one attached hydrogen (secondary N) is 1. The second-order valence-electron chi connectivity index (χ2n) is 5.21. The van der Waals surface area contributed by atoms with E-state index in [1.807, 2.05) is 0 Å². The van der Waals surface area contributed by atoms with Gasteiger partial charge in [0.2, 0.25) is 5.91 Å². The molecule has 2 N–H and O–H groups in total. The summed E-state index contributed by atoms with van der Waals surface area (Å²) < 4.78 is 4.93. The third kappa shape index (κ3) is 5.16. The Morgan fingerprint density at radius 1 is 1.50 bits per heavy atom. The van der Waals surface area contributed by atoms with Gasteiger partial charge in [-0.3, -0.25) is 4.79 Å². The molecule has 1 rings (SSSR count). The molecule has 0 radical (unpaired) electrons. The van der Waals surface area contributed by atoms with Crippen LogP contribution in [0.1, 0.15) is 32.6 Å². The summed E-state index contributed by atoms with van der Waals surface area (Å²) in [5.74, 6) is 2.01. The summed E-state index contributed by atoms with van der Waals surface area (Å²) in [6.07, 6.45) is 3.94. The van der Waals surface area contributed by atoms with Gasteiger partial charge in [-0.25, -0.2) is 0 Å². The summed E-state index contributed by atoms with van der Waals surface area (Å²) in [5.41, 5.74) is -0.370. The fourth-order valence-corrected chi connectivity index (χ4v) is 2.96. The number of thioether (sulfide) groups is 1. The minimum Gasteiger partial charge on any atom is -0.394 e. The van der Waals surface area contributed by atoms with Gasteiger partial charge in [-0.2, -0.15) is 0 Å². The molecule has 18 heavy (non-hydrogen) atoms. The van der Waals surface area contributed by atoms with Crippen LogP contribution in [0, 0.1) is 5.92 Å². The normalized spacial score (nSPS) is 28.1. The van der Waals surface area contributed by atoms with Crippen molar-refractivity contribution in [2.75, 3.05) is 31.8 Å². The molecule has 0 atom stereocenters. The van der Waals surface area contributed by atoms with E-state index in [2.05, 4.69) is 12.2 Å². The van der Waals surface area contributed by atoms with Crippen LogP contribution < -0.4 is 5.32 Å². The molecule has 0 aliphatic heterocycles. The summed E-state index contributed by atoms with van der Waals surface area (Å²) in [6.45, 7) is 2.94. The molecular formula is C13H25NO3S. The number of methoxy groups -OCH3 is 1. The third-order valence-electron chi connectivity index (χ3n) is 3.60. The predicted octanol–water partition coefficient (Wildman–Crippen LogP) is 1.42. The molecule has 106 valence electrons. The standard InChI is InChI=1S/C13H25NO3S/c1-11-3-5-13(10-15,6-4-11)14-12(16)9-18-8-7-17-2/h11,15H,3-10H2,1-2H3,(H,14,16). The summed E-state index contributed by atoms with van der Waals surface area (Å²) in [5, 5.41) is 12.6. The molecule has 4 nitrogen and oxygen atoms in total. The first-order valence-electron chi connectivity index (χ1n) is 6.60. The van der Waals surface area contributed by atoms with Crippen LogP contribution in [0.2, 0.25) is 0 Å². The predicted molar refractivity (Wildman–Crippen MR) is 74.8 cm³/mol.